The highest BCUT2D eigenvalue weighted by atomic mass is 16.5. The molecule has 108 valence electrons. The van der Waals surface area contributed by atoms with Crippen LogP contribution in [0.4, 0.5) is 0 Å². The second-order valence-electron chi connectivity index (χ2n) is 6.39. The van der Waals surface area contributed by atoms with Crippen LogP contribution in [-0.4, -0.2) is 37.4 Å². The summed E-state index contributed by atoms with van der Waals surface area (Å²) in [5.74, 6) is 1.80. The van der Waals surface area contributed by atoms with Gasteiger partial charge in [-0.3, -0.25) is 4.79 Å². The number of Topliss-reactive ketones (excluding diaryl/α,β-unsaturated/α-hetero) is 1. The first kappa shape index (κ1) is 13.6. The summed E-state index contributed by atoms with van der Waals surface area (Å²) in [6.07, 6.45) is 2.45. The van der Waals surface area contributed by atoms with Crippen molar-refractivity contribution in [3.05, 3.63) is 29.8 Å². The van der Waals surface area contributed by atoms with Crippen molar-refractivity contribution in [2.24, 2.45) is 5.92 Å². The van der Waals surface area contributed by atoms with E-state index in [-0.39, 0.29) is 5.41 Å². The minimum absolute atomic E-state index is 0.00104. The maximum absolute atomic E-state index is 12.2. The number of benzene rings is 1. The zero-order valence-electron chi connectivity index (χ0n) is 12.6. The molecule has 1 aromatic rings. The fourth-order valence-corrected chi connectivity index (χ4v) is 4.20. The van der Waals surface area contributed by atoms with Gasteiger partial charge in [0.1, 0.15) is 11.5 Å². The molecule has 2 unspecified atom stereocenters. The number of nitrogens with zero attached hydrogens (tertiary/aromatic N) is 1. The van der Waals surface area contributed by atoms with Crippen molar-refractivity contribution in [1.29, 1.82) is 0 Å². The van der Waals surface area contributed by atoms with Crippen LogP contribution in [0.2, 0.25) is 0 Å². The molecule has 1 aromatic carbocycles. The summed E-state index contributed by atoms with van der Waals surface area (Å²) in [5, 5.41) is 0. The summed E-state index contributed by atoms with van der Waals surface area (Å²) < 4.78 is 5.37. The second kappa shape index (κ2) is 4.88. The van der Waals surface area contributed by atoms with Crippen LogP contribution in [0.1, 0.15) is 31.7 Å². The van der Waals surface area contributed by atoms with Gasteiger partial charge in [-0.2, -0.15) is 0 Å². The van der Waals surface area contributed by atoms with Gasteiger partial charge in [0.05, 0.1) is 7.11 Å². The minimum atomic E-state index is 0.00104. The molecule has 3 atom stereocenters. The third-order valence-electron chi connectivity index (χ3n) is 5.52. The van der Waals surface area contributed by atoms with Gasteiger partial charge in [-0.25, -0.2) is 0 Å². The van der Waals surface area contributed by atoms with Crippen LogP contribution in [-0.2, 0) is 10.2 Å². The molecule has 0 radical (unpaired) electrons. The topological polar surface area (TPSA) is 29.5 Å². The van der Waals surface area contributed by atoms with Crippen LogP contribution in [0, 0.1) is 5.92 Å². The van der Waals surface area contributed by atoms with E-state index in [1.165, 1.54) is 5.56 Å². The molecule has 1 saturated heterocycles. The number of rotatable bonds is 2. The molecule has 0 aromatic heterocycles. The first-order valence-corrected chi connectivity index (χ1v) is 7.43. The number of fused-ring (bicyclic) bond motifs is 2. The van der Waals surface area contributed by atoms with Crippen molar-refractivity contribution < 1.29 is 9.53 Å². The van der Waals surface area contributed by atoms with Crippen LogP contribution in [0.15, 0.2) is 24.3 Å². The number of piperidine rings is 1. The number of carbonyl (C=O) groups excluding carboxylic acids is 1. The number of carbonyl (C=O) groups is 1. The van der Waals surface area contributed by atoms with Gasteiger partial charge >= 0.3 is 0 Å². The molecule has 3 heteroatoms. The van der Waals surface area contributed by atoms with Gasteiger partial charge < -0.3 is 9.64 Å². The molecule has 2 fully saturated rings. The van der Waals surface area contributed by atoms with Crippen LogP contribution in [0.3, 0.4) is 0 Å². The van der Waals surface area contributed by atoms with Gasteiger partial charge in [-0.1, -0.05) is 19.1 Å². The lowest BCUT2D eigenvalue weighted by atomic mass is 9.57. The van der Waals surface area contributed by atoms with E-state index in [1.54, 1.807) is 7.11 Å². The Morgan fingerprint density at radius 1 is 1.40 bits per heavy atom. The monoisotopic (exact) mass is 273 g/mol. The molecule has 0 N–H and O–H groups in total. The summed E-state index contributed by atoms with van der Waals surface area (Å²) >= 11 is 0. The molecule has 0 amide bonds. The lowest BCUT2D eigenvalue weighted by molar-refractivity contribution is -0.129. The van der Waals surface area contributed by atoms with Crippen molar-refractivity contribution in [2.45, 2.75) is 37.6 Å². The van der Waals surface area contributed by atoms with Crippen LogP contribution in [0.25, 0.3) is 0 Å². The lowest BCUT2D eigenvalue weighted by Crippen LogP contribution is -2.58. The smallest absolute Gasteiger partial charge is 0.135 e. The Hall–Kier alpha value is -1.35. The third kappa shape index (κ3) is 1.96. The summed E-state index contributed by atoms with van der Waals surface area (Å²) in [5.41, 5.74) is 1.27. The van der Waals surface area contributed by atoms with Gasteiger partial charge in [-0.05, 0) is 43.6 Å². The van der Waals surface area contributed by atoms with Crippen molar-refractivity contribution in [3.63, 3.8) is 0 Å². The van der Waals surface area contributed by atoms with E-state index < -0.39 is 0 Å². The molecule has 1 saturated carbocycles. The fraction of sp³-hybridized carbons (Fsp3) is 0.588. The summed E-state index contributed by atoms with van der Waals surface area (Å²) in [4.78, 5) is 14.6. The average molecular weight is 273 g/mol. The quantitative estimate of drug-likeness (QED) is 0.829. The zero-order valence-corrected chi connectivity index (χ0v) is 12.6. The highest BCUT2D eigenvalue weighted by molar-refractivity contribution is 5.82. The minimum Gasteiger partial charge on any atom is -0.497 e. The molecule has 0 spiro atoms. The van der Waals surface area contributed by atoms with E-state index in [0.717, 1.165) is 18.7 Å². The Labute approximate surface area is 120 Å². The number of ketones is 1. The normalized spacial score (nSPS) is 34.0. The first-order chi connectivity index (χ1) is 9.56. The molecule has 2 bridgehead atoms. The number of likely N-dealkylation sites (tertiary alicyclic amines) is 1. The molecule has 3 rings (SSSR count). The molecule has 1 aliphatic carbocycles. The highest BCUT2D eigenvalue weighted by Gasteiger charge is 2.51. The Balaban J connectivity index is 2.05. The lowest BCUT2D eigenvalue weighted by Gasteiger charge is -2.54. The number of hydrogen-bond acceptors (Lipinski definition) is 3. The van der Waals surface area contributed by atoms with Crippen LogP contribution >= 0.6 is 0 Å². The van der Waals surface area contributed by atoms with Crippen LogP contribution < -0.4 is 4.74 Å². The number of ether oxygens (including phenoxy) is 1. The Bertz CT molecular complexity index is 527. The molecule has 1 heterocycles. The maximum Gasteiger partial charge on any atom is 0.135 e. The Kier molecular flexibility index (Phi) is 3.33. The molecule has 1 aliphatic heterocycles. The summed E-state index contributed by atoms with van der Waals surface area (Å²) in [6.45, 7) is 3.38. The van der Waals surface area contributed by atoms with Gasteiger partial charge in [-0.15, -0.1) is 0 Å². The van der Waals surface area contributed by atoms with E-state index in [0.29, 0.717) is 30.6 Å². The third-order valence-corrected chi connectivity index (χ3v) is 5.52. The predicted octanol–water partition coefficient (Wildman–Crippen LogP) is 2.64. The zero-order chi connectivity index (χ0) is 14.3. The fourth-order valence-electron chi connectivity index (χ4n) is 4.20. The first-order valence-electron chi connectivity index (χ1n) is 7.43. The molecule has 2 aliphatic rings. The van der Waals surface area contributed by atoms with Crippen LogP contribution in [0.5, 0.6) is 5.75 Å². The van der Waals surface area contributed by atoms with E-state index in [9.17, 15) is 4.79 Å². The Morgan fingerprint density at radius 2 is 2.20 bits per heavy atom. The predicted molar refractivity (Wildman–Crippen MR) is 79.1 cm³/mol. The second-order valence-corrected chi connectivity index (χ2v) is 6.39. The van der Waals surface area contributed by atoms with Gasteiger partial charge in [0, 0.05) is 24.3 Å². The molecular formula is C17H23NO2. The van der Waals surface area contributed by atoms with Crippen molar-refractivity contribution in [1.82, 2.24) is 4.90 Å². The molecular weight excluding hydrogens is 250 g/mol. The SMILES string of the molecule is COc1cccc(C23CCN(C)C(CC(=O)C2)[C@@H]3C)c1. The molecule has 3 nitrogen and oxygen atoms in total. The standard InChI is InChI=1S/C17H23NO2/c1-12-16-10-14(19)11-17(12,7-8-18(16)2)13-5-4-6-15(9-13)20-3/h4-6,9,12,16H,7-8,10-11H2,1-3H3/t12-,16?,17?/m0/s1. The largest absolute Gasteiger partial charge is 0.497 e. The summed E-state index contributed by atoms with van der Waals surface area (Å²) in [7, 11) is 3.85. The van der Waals surface area contributed by atoms with E-state index in [2.05, 4.69) is 31.0 Å². The van der Waals surface area contributed by atoms with Crippen molar-refractivity contribution in [2.75, 3.05) is 20.7 Å². The van der Waals surface area contributed by atoms with Crippen molar-refractivity contribution in [3.8, 4) is 5.75 Å². The average Bonchev–Trinajstić information content (AvgIpc) is 2.45. The Morgan fingerprint density at radius 3 is 2.95 bits per heavy atom. The van der Waals surface area contributed by atoms with E-state index in [1.807, 2.05) is 12.1 Å². The van der Waals surface area contributed by atoms with Gasteiger partial charge in [0.25, 0.3) is 0 Å². The van der Waals surface area contributed by atoms with Gasteiger partial charge in [0.15, 0.2) is 0 Å². The highest BCUT2D eigenvalue weighted by Crippen LogP contribution is 2.49. The number of methoxy groups -OCH3 is 1. The van der Waals surface area contributed by atoms with E-state index >= 15 is 0 Å². The maximum atomic E-state index is 12.2. The molecule has 20 heavy (non-hydrogen) atoms. The summed E-state index contributed by atoms with van der Waals surface area (Å²) in [6, 6.07) is 8.69. The van der Waals surface area contributed by atoms with Crippen molar-refractivity contribution >= 4 is 5.78 Å². The van der Waals surface area contributed by atoms with E-state index in [4.69, 9.17) is 4.74 Å². The number of hydrogen-bond donors (Lipinski definition) is 0. The van der Waals surface area contributed by atoms with Gasteiger partial charge in [0.2, 0.25) is 0 Å².